The molecule has 20 heavy (non-hydrogen) atoms. The molecule has 0 saturated heterocycles. The van der Waals surface area contributed by atoms with Crippen molar-refractivity contribution in [1.82, 2.24) is 0 Å². The summed E-state index contributed by atoms with van der Waals surface area (Å²) in [5.74, 6) is 0. The van der Waals surface area contributed by atoms with E-state index in [0.29, 0.717) is 26.2 Å². The summed E-state index contributed by atoms with van der Waals surface area (Å²) in [4.78, 5) is 1.65. The van der Waals surface area contributed by atoms with Gasteiger partial charge in [-0.2, -0.15) is 0 Å². The van der Waals surface area contributed by atoms with Gasteiger partial charge >= 0.3 is 7.60 Å². The Morgan fingerprint density at radius 2 is 1.95 bits per heavy atom. The van der Waals surface area contributed by atoms with E-state index in [1.54, 1.807) is 18.7 Å². The van der Waals surface area contributed by atoms with Crippen LogP contribution in [0.25, 0.3) is 0 Å². The first kappa shape index (κ1) is 15.5. The Bertz CT molecular complexity index is 487. The van der Waals surface area contributed by atoms with E-state index in [1.165, 1.54) is 0 Å². The molecule has 1 aliphatic rings. The highest BCUT2D eigenvalue weighted by atomic mass is 31.2. The van der Waals surface area contributed by atoms with Crippen LogP contribution in [0, 0.1) is 0 Å². The Balaban J connectivity index is 2.40. The minimum absolute atomic E-state index is 0.318. The predicted octanol–water partition coefficient (Wildman–Crippen LogP) is 4.13. The van der Waals surface area contributed by atoms with E-state index in [1.807, 2.05) is 24.3 Å². The first-order valence-corrected chi connectivity index (χ1v) is 8.56. The predicted molar refractivity (Wildman–Crippen MR) is 78.0 cm³/mol. The highest BCUT2D eigenvalue weighted by Crippen LogP contribution is 2.64. The lowest BCUT2D eigenvalue weighted by atomic mass is 10.0. The average molecular weight is 301 g/mol. The molecule has 1 unspecified atom stereocenters. The van der Waals surface area contributed by atoms with Gasteiger partial charge in [0.1, 0.15) is 0 Å². The van der Waals surface area contributed by atoms with Crippen molar-refractivity contribution in [1.29, 1.82) is 0 Å². The Morgan fingerprint density at radius 1 is 1.30 bits per heavy atom. The molecule has 0 fully saturated rings. The minimum Gasteiger partial charge on any atom is -0.344 e. The quantitative estimate of drug-likeness (QED) is 0.585. The number of para-hydroxylation sites is 1. The van der Waals surface area contributed by atoms with Crippen LogP contribution in [0.4, 0.5) is 10.1 Å². The monoisotopic (exact) mass is 301 g/mol. The van der Waals surface area contributed by atoms with Crippen LogP contribution in [0.3, 0.4) is 0 Å². The van der Waals surface area contributed by atoms with Gasteiger partial charge in [-0.1, -0.05) is 18.2 Å². The topological polar surface area (TPSA) is 38.8 Å². The highest BCUT2D eigenvalue weighted by Gasteiger charge is 2.40. The number of hydrogen-bond donors (Lipinski definition) is 0. The van der Waals surface area contributed by atoms with Gasteiger partial charge in [0.05, 0.1) is 18.9 Å². The van der Waals surface area contributed by atoms with Gasteiger partial charge in [-0.25, -0.2) is 4.39 Å². The summed E-state index contributed by atoms with van der Waals surface area (Å²) >= 11 is 0. The Hall–Kier alpha value is -0.900. The van der Waals surface area contributed by atoms with Crippen molar-refractivity contribution in [3.05, 3.63) is 29.8 Å². The SMILES string of the molecule is CCOP(=O)(OCC)C1CCN(CF)c2ccccc21. The average Bonchev–Trinajstić information content (AvgIpc) is 2.46. The largest absolute Gasteiger partial charge is 0.344 e. The second-order valence-corrected chi connectivity index (χ2v) is 6.84. The van der Waals surface area contributed by atoms with Crippen molar-refractivity contribution < 1.29 is 18.0 Å². The third-order valence-electron chi connectivity index (χ3n) is 3.45. The van der Waals surface area contributed by atoms with E-state index < -0.39 is 14.4 Å². The summed E-state index contributed by atoms with van der Waals surface area (Å²) in [5, 5.41) is 0. The smallest absolute Gasteiger partial charge is 0.338 e. The van der Waals surface area contributed by atoms with E-state index in [-0.39, 0.29) is 5.66 Å². The minimum atomic E-state index is -3.21. The van der Waals surface area contributed by atoms with Crippen molar-refractivity contribution in [2.75, 3.05) is 31.5 Å². The third kappa shape index (κ3) is 2.90. The molecule has 0 aliphatic carbocycles. The van der Waals surface area contributed by atoms with Crippen molar-refractivity contribution in [3.8, 4) is 0 Å². The second kappa shape index (κ2) is 6.70. The van der Waals surface area contributed by atoms with Crippen molar-refractivity contribution in [2.24, 2.45) is 0 Å². The van der Waals surface area contributed by atoms with Crippen LogP contribution >= 0.6 is 7.60 Å². The fraction of sp³-hybridized carbons (Fsp3) is 0.571. The number of hydrogen-bond acceptors (Lipinski definition) is 4. The van der Waals surface area contributed by atoms with E-state index in [4.69, 9.17) is 9.05 Å². The Labute approximate surface area is 119 Å². The zero-order chi connectivity index (χ0) is 14.6. The summed E-state index contributed by atoms with van der Waals surface area (Å²) < 4.78 is 37.0. The van der Waals surface area contributed by atoms with E-state index in [0.717, 1.165) is 11.3 Å². The van der Waals surface area contributed by atoms with Crippen molar-refractivity contribution in [3.63, 3.8) is 0 Å². The van der Waals surface area contributed by atoms with Gasteiger partial charge in [0.2, 0.25) is 0 Å². The van der Waals surface area contributed by atoms with Crippen LogP contribution in [-0.2, 0) is 13.6 Å². The molecule has 1 aromatic rings. The lowest BCUT2D eigenvalue weighted by Gasteiger charge is -2.36. The summed E-state index contributed by atoms with van der Waals surface area (Å²) in [6.07, 6.45) is 0.568. The molecule has 2 rings (SSSR count). The first-order chi connectivity index (χ1) is 9.66. The van der Waals surface area contributed by atoms with Gasteiger partial charge < -0.3 is 13.9 Å². The maximum atomic E-state index is 13.1. The molecule has 1 atom stereocenters. The lowest BCUT2D eigenvalue weighted by Crippen LogP contribution is -2.30. The maximum Gasteiger partial charge on any atom is 0.338 e. The number of nitrogens with zero attached hydrogens (tertiary/aromatic N) is 1. The van der Waals surface area contributed by atoms with Crippen LogP contribution in [-0.4, -0.2) is 26.6 Å². The second-order valence-electron chi connectivity index (χ2n) is 4.62. The van der Waals surface area contributed by atoms with Crippen molar-refractivity contribution >= 4 is 13.3 Å². The van der Waals surface area contributed by atoms with Crippen LogP contribution in [0.5, 0.6) is 0 Å². The molecule has 0 bridgehead atoms. The molecule has 0 radical (unpaired) electrons. The van der Waals surface area contributed by atoms with E-state index >= 15 is 0 Å². The fourth-order valence-electron chi connectivity index (χ4n) is 2.64. The molecule has 112 valence electrons. The zero-order valence-electron chi connectivity index (χ0n) is 11.9. The van der Waals surface area contributed by atoms with Crippen LogP contribution < -0.4 is 4.90 Å². The lowest BCUT2D eigenvalue weighted by molar-refractivity contribution is 0.210. The molecule has 0 saturated carbocycles. The molecule has 4 nitrogen and oxygen atoms in total. The summed E-state index contributed by atoms with van der Waals surface area (Å²) in [6, 6.07) is 7.46. The highest BCUT2D eigenvalue weighted by molar-refractivity contribution is 7.54. The Morgan fingerprint density at radius 3 is 2.55 bits per heavy atom. The third-order valence-corrected chi connectivity index (χ3v) is 5.99. The van der Waals surface area contributed by atoms with Crippen LogP contribution in [0.1, 0.15) is 31.5 Å². The van der Waals surface area contributed by atoms with Crippen LogP contribution in [0.2, 0.25) is 0 Å². The normalized spacial score (nSPS) is 18.9. The molecule has 1 aromatic carbocycles. The summed E-state index contributed by atoms with van der Waals surface area (Å²) in [7, 11) is -3.21. The molecule has 0 aromatic heterocycles. The summed E-state index contributed by atoms with van der Waals surface area (Å²) in [6.45, 7) is 4.24. The van der Waals surface area contributed by atoms with Gasteiger partial charge in [-0.15, -0.1) is 0 Å². The van der Waals surface area contributed by atoms with Crippen molar-refractivity contribution in [2.45, 2.75) is 25.9 Å². The number of rotatable bonds is 6. The number of fused-ring (bicyclic) bond motifs is 1. The van der Waals surface area contributed by atoms with Gasteiger partial charge in [0.25, 0.3) is 0 Å². The van der Waals surface area contributed by atoms with E-state index in [2.05, 4.69) is 0 Å². The molecular weight excluding hydrogens is 280 g/mol. The molecule has 6 heteroatoms. The molecule has 0 spiro atoms. The number of anilines is 1. The molecule has 1 aliphatic heterocycles. The van der Waals surface area contributed by atoms with Gasteiger partial charge in [-0.3, -0.25) is 4.57 Å². The van der Waals surface area contributed by atoms with Gasteiger partial charge in [0.15, 0.2) is 6.80 Å². The Kier molecular flexibility index (Phi) is 5.19. The van der Waals surface area contributed by atoms with Gasteiger partial charge in [-0.05, 0) is 31.9 Å². The summed E-state index contributed by atoms with van der Waals surface area (Å²) in [5.41, 5.74) is 1.31. The fourth-order valence-corrected chi connectivity index (χ4v) is 4.79. The van der Waals surface area contributed by atoms with Gasteiger partial charge in [0, 0.05) is 12.2 Å². The standard InChI is InChI=1S/C14H21FNO3P/c1-3-18-20(17,19-4-2)14-9-10-16(11-15)13-8-6-5-7-12(13)14/h5-8,14H,3-4,9-11H2,1-2H3. The molecular formula is C14H21FNO3P. The number of benzene rings is 1. The zero-order valence-corrected chi connectivity index (χ0v) is 12.8. The molecule has 0 amide bonds. The molecule has 1 heterocycles. The number of alkyl halides is 1. The number of halogens is 1. The first-order valence-electron chi connectivity index (χ1n) is 6.95. The maximum absolute atomic E-state index is 13.1. The molecule has 0 N–H and O–H groups in total. The van der Waals surface area contributed by atoms with Crippen LogP contribution in [0.15, 0.2) is 24.3 Å². The van der Waals surface area contributed by atoms with E-state index in [9.17, 15) is 8.96 Å².